The highest BCUT2D eigenvalue weighted by Crippen LogP contribution is 2.36. The number of hydrogen-bond donors (Lipinski definition) is 1. The van der Waals surface area contributed by atoms with Crippen molar-refractivity contribution in [3.05, 3.63) is 23.8 Å². The third kappa shape index (κ3) is 3.09. The van der Waals surface area contributed by atoms with Gasteiger partial charge in [-0.25, -0.2) is 0 Å². The number of hydrogen-bond acceptors (Lipinski definition) is 3. The molecule has 0 aromatic heterocycles. The van der Waals surface area contributed by atoms with Gasteiger partial charge >= 0.3 is 0 Å². The third-order valence-corrected chi connectivity index (χ3v) is 4.66. The first-order valence-corrected chi connectivity index (χ1v) is 7.80. The van der Waals surface area contributed by atoms with Crippen LogP contribution in [-0.2, 0) is 0 Å². The Kier molecular flexibility index (Phi) is 5.30. The highest BCUT2D eigenvalue weighted by atomic mass is 16.5. The molecule has 112 valence electrons. The maximum Gasteiger partial charge on any atom is 0.125 e. The summed E-state index contributed by atoms with van der Waals surface area (Å²) in [5.41, 5.74) is 2.62. The van der Waals surface area contributed by atoms with Crippen molar-refractivity contribution in [1.29, 1.82) is 0 Å². The fraction of sp³-hybridized carbons (Fsp3) is 0.647. The van der Waals surface area contributed by atoms with Gasteiger partial charge in [0.25, 0.3) is 0 Å². The lowest BCUT2D eigenvalue weighted by atomic mass is 9.93. The van der Waals surface area contributed by atoms with Crippen LogP contribution in [0.2, 0.25) is 0 Å². The first kappa shape index (κ1) is 15.2. The number of methoxy groups -OCH3 is 1. The van der Waals surface area contributed by atoms with Crippen LogP contribution in [0.5, 0.6) is 5.75 Å². The molecule has 3 heteroatoms. The molecule has 0 bridgehead atoms. The molecule has 1 aliphatic rings. The fourth-order valence-electron chi connectivity index (χ4n) is 3.15. The largest absolute Gasteiger partial charge is 0.496 e. The maximum atomic E-state index is 5.58. The van der Waals surface area contributed by atoms with Gasteiger partial charge in [-0.15, -0.1) is 0 Å². The van der Waals surface area contributed by atoms with Crippen molar-refractivity contribution >= 4 is 5.69 Å². The van der Waals surface area contributed by atoms with Crippen LogP contribution in [0, 0.1) is 5.92 Å². The summed E-state index contributed by atoms with van der Waals surface area (Å²) in [5.74, 6) is 1.89. The lowest BCUT2D eigenvalue weighted by Crippen LogP contribution is -2.34. The van der Waals surface area contributed by atoms with Crippen molar-refractivity contribution in [3.63, 3.8) is 0 Å². The molecule has 20 heavy (non-hydrogen) atoms. The Morgan fingerprint density at radius 3 is 2.60 bits per heavy atom. The highest BCUT2D eigenvalue weighted by molar-refractivity contribution is 5.61. The van der Waals surface area contributed by atoms with Gasteiger partial charge in [-0.2, -0.15) is 0 Å². The molecule has 1 saturated heterocycles. The van der Waals surface area contributed by atoms with Crippen LogP contribution in [0.15, 0.2) is 18.2 Å². The van der Waals surface area contributed by atoms with Gasteiger partial charge in [-0.3, -0.25) is 0 Å². The van der Waals surface area contributed by atoms with E-state index in [1.165, 1.54) is 30.5 Å². The van der Waals surface area contributed by atoms with Crippen molar-refractivity contribution in [1.82, 2.24) is 5.32 Å². The van der Waals surface area contributed by atoms with E-state index in [1.54, 1.807) is 7.11 Å². The molecule has 1 aromatic rings. The molecular formula is C17H28N2O. The van der Waals surface area contributed by atoms with Gasteiger partial charge in [0, 0.05) is 30.4 Å². The Hall–Kier alpha value is -1.22. The number of nitrogens with zero attached hydrogens (tertiary/aromatic N) is 1. The Labute approximate surface area is 123 Å². The van der Waals surface area contributed by atoms with E-state index in [4.69, 9.17) is 4.74 Å². The SMILES string of the molecule is CCC1CCN(c2cccc(OC)c2C(C)NC)CC1. The van der Waals surface area contributed by atoms with Gasteiger partial charge in [0.15, 0.2) is 0 Å². The second-order valence-corrected chi connectivity index (χ2v) is 5.74. The molecule has 0 spiro atoms. The molecular weight excluding hydrogens is 248 g/mol. The Morgan fingerprint density at radius 2 is 2.05 bits per heavy atom. The number of piperidine rings is 1. The van der Waals surface area contributed by atoms with Gasteiger partial charge < -0.3 is 15.0 Å². The van der Waals surface area contributed by atoms with Crippen LogP contribution in [0.1, 0.15) is 44.7 Å². The second kappa shape index (κ2) is 6.98. The molecule has 0 radical (unpaired) electrons. The quantitative estimate of drug-likeness (QED) is 0.889. The number of anilines is 1. The number of benzene rings is 1. The molecule has 0 aliphatic carbocycles. The van der Waals surface area contributed by atoms with E-state index < -0.39 is 0 Å². The van der Waals surface area contributed by atoms with Crippen molar-refractivity contribution in [2.75, 3.05) is 32.1 Å². The van der Waals surface area contributed by atoms with Crippen molar-refractivity contribution in [2.24, 2.45) is 5.92 Å². The summed E-state index contributed by atoms with van der Waals surface area (Å²) in [5, 5.41) is 3.35. The van der Waals surface area contributed by atoms with Gasteiger partial charge in [0.2, 0.25) is 0 Å². The van der Waals surface area contributed by atoms with Gasteiger partial charge in [-0.05, 0) is 44.9 Å². The Bertz CT molecular complexity index is 425. The normalized spacial score (nSPS) is 18.1. The molecule has 0 saturated carbocycles. The molecule has 3 nitrogen and oxygen atoms in total. The molecule has 0 amide bonds. The monoisotopic (exact) mass is 276 g/mol. The predicted octanol–water partition coefficient (Wildman–Crippen LogP) is 3.60. The van der Waals surface area contributed by atoms with E-state index >= 15 is 0 Å². The van der Waals surface area contributed by atoms with Crippen LogP contribution >= 0.6 is 0 Å². The van der Waals surface area contributed by atoms with E-state index in [-0.39, 0.29) is 0 Å². The second-order valence-electron chi connectivity index (χ2n) is 5.74. The third-order valence-electron chi connectivity index (χ3n) is 4.66. The molecule has 1 aromatic carbocycles. The molecule has 1 atom stereocenters. The number of rotatable bonds is 5. The summed E-state index contributed by atoms with van der Waals surface area (Å²) in [7, 11) is 3.76. The van der Waals surface area contributed by atoms with Crippen LogP contribution in [0.4, 0.5) is 5.69 Å². The Morgan fingerprint density at radius 1 is 1.35 bits per heavy atom. The van der Waals surface area contributed by atoms with Gasteiger partial charge in [0.1, 0.15) is 5.75 Å². The minimum Gasteiger partial charge on any atom is -0.496 e. The van der Waals surface area contributed by atoms with E-state index in [2.05, 4.69) is 42.3 Å². The molecule has 1 fully saturated rings. The molecule has 2 rings (SSSR count). The molecule has 1 unspecified atom stereocenters. The Balaban J connectivity index is 2.27. The lowest BCUT2D eigenvalue weighted by Gasteiger charge is -2.35. The standard InChI is InChI=1S/C17H28N2O/c1-5-14-9-11-19(12-10-14)15-7-6-8-16(20-4)17(15)13(2)18-3/h6-8,13-14,18H,5,9-12H2,1-4H3. The fourth-order valence-corrected chi connectivity index (χ4v) is 3.15. The van der Waals surface area contributed by atoms with E-state index in [0.29, 0.717) is 6.04 Å². The average Bonchev–Trinajstić information content (AvgIpc) is 2.53. The first-order valence-electron chi connectivity index (χ1n) is 7.80. The molecule has 1 heterocycles. The van der Waals surface area contributed by atoms with Crippen LogP contribution < -0.4 is 15.0 Å². The minimum atomic E-state index is 0.296. The number of ether oxygens (including phenoxy) is 1. The zero-order chi connectivity index (χ0) is 14.5. The lowest BCUT2D eigenvalue weighted by molar-refractivity contribution is 0.389. The smallest absolute Gasteiger partial charge is 0.125 e. The summed E-state index contributed by atoms with van der Waals surface area (Å²) >= 11 is 0. The minimum absolute atomic E-state index is 0.296. The molecule has 1 N–H and O–H groups in total. The molecule has 1 aliphatic heterocycles. The topological polar surface area (TPSA) is 24.5 Å². The van der Waals surface area contributed by atoms with Crippen molar-refractivity contribution < 1.29 is 4.74 Å². The van der Waals surface area contributed by atoms with E-state index in [1.807, 2.05) is 7.05 Å². The predicted molar refractivity (Wildman–Crippen MR) is 85.7 cm³/mol. The van der Waals surface area contributed by atoms with Crippen molar-refractivity contribution in [2.45, 2.75) is 39.2 Å². The van der Waals surface area contributed by atoms with E-state index in [0.717, 1.165) is 24.8 Å². The first-order chi connectivity index (χ1) is 9.71. The maximum absolute atomic E-state index is 5.58. The summed E-state index contributed by atoms with van der Waals surface area (Å²) in [4.78, 5) is 2.53. The van der Waals surface area contributed by atoms with Crippen LogP contribution in [-0.4, -0.2) is 27.2 Å². The van der Waals surface area contributed by atoms with E-state index in [9.17, 15) is 0 Å². The zero-order valence-corrected chi connectivity index (χ0v) is 13.3. The highest BCUT2D eigenvalue weighted by Gasteiger charge is 2.23. The summed E-state index contributed by atoms with van der Waals surface area (Å²) in [6, 6.07) is 6.69. The van der Waals surface area contributed by atoms with Crippen molar-refractivity contribution in [3.8, 4) is 5.75 Å². The summed E-state index contributed by atoms with van der Waals surface area (Å²) in [6.07, 6.45) is 3.92. The van der Waals surface area contributed by atoms with Gasteiger partial charge in [-0.1, -0.05) is 19.4 Å². The number of nitrogens with one attached hydrogen (secondary N) is 1. The zero-order valence-electron chi connectivity index (χ0n) is 13.3. The summed E-state index contributed by atoms with van der Waals surface area (Å²) in [6.45, 7) is 6.82. The van der Waals surface area contributed by atoms with Crippen LogP contribution in [0.25, 0.3) is 0 Å². The van der Waals surface area contributed by atoms with Gasteiger partial charge in [0.05, 0.1) is 7.11 Å². The average molecular weight is 276 g/mol. The summed E-state index contributed by atoms with van der Waals surface area (Å²) < 4.78 is 5.58. The van der Waals surface area contributed by atoms with Crippen LogP contribution in [0.3, 0.4) is 0 Å².